The van der Waals surface area contributed by atoms with Gasteiger partial charge >= 0.3 is 5.97 Å². The fraction of sp³-hybridized carbons (Fsp3) is 0.364. The van der Waals surface area contributed by atoms with E-state index in [1.807, 2.05) is 39.0 Å². The van der Waals surface area contributed by atoms with Crippen LogP contribution in [-0.2, 0) is 4.74 Å². The lowest BCUT2D eigenvalue weighted by atomic mass is 10.2. The van der Waals surface area contributed by atoms with E-state index >= 15 is 0 Å². The Hall–Kier alpha value is -1.31. The summed E-state index contributed by atoms with van der Waals surface area (Å²) in [6.07, 6.45) is 0. The highest BCUT2D eigenvalue weighted by molar-refractivity contribution is 5.89. The number of hydrogen-bond acceptors (Lipinski definition) is 2. The van der Waals surface area contributed by atoms with Crippen LogP contribution >= 0.6 is 0 Å². The second-order valence-electron chi connectivity index (χ2n) is 3.87. The molecule has 0 spiro atoms. The van der Waals surface area contributed by atoms with Gasteiger partial charge in [-0.05, 0) is 32.9 Å². The van der Waals surface area contributed by atoms with Crippen LogP contribution in [0.25, 0.3) is 0 Å². The monoisotopic (exact) mass is 180 g/mol. The molecule has 0 saturated carbocycles. The molecular weight excluding hydrogens is 166 g/mol. The molecule has 0 fully saturated rings. The summed E-state index contributed by atoms with van der Waals surface area (Å²) in [4.78, 5) is 11.4. The first-order valence-electron chi connectivity index (χ1n) is 4.27. The van der Waals surface area contributed by atoms with Gasteiger partial charge in [0.1, 0.15) is 5.60 Å². The highest BCUT2D eigenvalue weighted by Gasteiger charge is 2.16. The van der Waals surface area contributed by atoms with Crippen LogP contribution in [-0.4, -0.2) is 11.6 Å². The first-order chi connectivity index (χ1) is 5.99. The minimum absolute atomic E-state index is 0.270. The van der Waals surface area contributed by atoms with Gasteiger partial charge in [-0.3, -0.25) is 0 Å². The molecule has 0 atom stereocenters. The molecule has 0 N–H and O–H groups in total. The largest absolute Gasteiger partial charge is 0.456 e. The van der Waals surface area contributed by atoms with Crippen molar-refractivity contribution < 1.29 is 9.53 Å². The summed E-state index contributed by atoms with van der Waals surface area (Å²) in [7, 11) is 0. The van der Waals surface area contributed by atoms with Gasteiger partial charge in [0.25, 0.3) is 0 Å². The number of esters is 1. The first-order valence-corrected chi connectivity index (χ1v) is 4.27. The third kappa shape index (κ3) is 3.28. The average molecular weight is 180 g/mol. The molecule has 0 aromatic heterocycles. The molecule has 0 aliphatic heterocycles. The number of benzene rings is 1. The number of carbonyl (C=O) groups is 1. The normalized spacial score (nSPS) is 11.0. The van der Waals surface area contributed by atoms with Crippen molar-refractivity contribution in [1.82, 2.24) is 0 Å². The zero-order valence-electron chi connectivity index (χ0n) is 8.20. The van der Waals surface area contributed by atoms with E-state index in [0.29, 0.717) is 5.56 Å². The van der Waals surface area contributed by atoms with E-state index in [-0.39, 0.29) is 5.97 Å². The fourth-order valence-electron chi connectivity index (χ4n) is 0.911. The zero-order chi connectivity index (χ0) is 9.90. The Morgan fingerprint density at radius 2 is 1.69 bits per heavy atom. The molecule has 0 aliphatic carbocycles. The van der Waals surface area contributed by atoms with E-state index in [2.05, 4.69) is 0 Å². The summed E-state index contributed by atoms with van der Waals surface area (Å²) in [6, 6.07) is 8.99. The van der Waals surface area contributed by atoms with Crippen LogP contribution in [0, 0.1) is 0 Å². The molecule has 0 unspecified atom stereocenters. The van der Waals surface area contributed by atoms with Crippen molar-refractivity contribution in [3.05, 3.63) is 35.9 Å². The van der Waals surface area contributed by atoms with Crippen LogP contribution in [0.3, 0.4) is 0 Å². The quantitative estimate of drug-likeness (QED) is 0.490. The van der Waals surface area contributed by atoms with E-state index in [4.69, 9.17) is 4.74 Å². The van der Waals surface area contributed by atoms with Crippen molar-refractivity contribution in [2.45, 2.75) is 26.4 Å². The van der Waals surface area contributed by atoms with Gasteiger partial charge in [0.2, 0.25) is 0 Å². The van der Waals surface area contributed by atoms with Crippen LogP contribution in [0.5, 0.6) is 0 Å². The summed E-state index contributed by atoms with van der Waals surface area (Å²) < 4.78 is 5.18. The molecule has 2 nitrogen and oxygen atoms in total. The zero-order valence-corrected chi connectivity index (χ0v) is 8.20. The fourth-order valence-corrected chi connectivity index (χ4v) is 0.911. The topological polar surface area (TPSA) is 26.3 Å². The highest BCUT2D eigenvalue weighted by atomic mass is 18.3. The van der Waals surface area contributed by atoms with Gasteiger partial charge in [0.15, 0.2) is 0 Å². The summed E-state index contributed by atoms with van der Waals surface area (Å²) in [5, 5.41) is 0. The van der Waals surface area contributed by atoms with E-state index in [9.17, 15) is 4.79 Å². The number of ether oxygens (including phenoxy) is 1. The van der Waals surface area contributed by atoms with Crippen molar-refractivity contribution in [3.8, 4) is 0 Å². The maximum atomic E-state index is 11.4. The predicted octanol–water partition coefficient (Wildman–Crippen LogP) is 2.64. The Bertz CT molecular complexity index is 283. The van der Waals surface area contributed by atoms with Crippen molar-refractivity contribution in [2.75, 3.05) is 0 Å². The molecule has 0 saturated heterocycles. The second kappa shape index (κ2) is 3.60. The highest BCUT2D eigenvalue weighted by Crippen LogP contribution is 2.11. The Balaban J connectivity index is 2.71. The van der Waals surface area contributed by atoms with Gasteiger partial charge in [0.05, 0.1) is 5.56 Å². The van der Waals surface area contributed by atoms with E-state index in [0.717, 1.165) is 0 Å². The summed E-state index contributed by atoms with van der Waals surface area (Å²) in [5.74, 6) is -0.270. The molecule has 1 aromatic rings. The van der Waals surface area contributed by atoms with Gasteiger partial charge in [-0.1, -0.05) is 18.2 Å². The molecule has 70 valence electrons. The SMILES string of the molecule is CC(C)(C)[18O]C(=O)c1ccccc1. The van der Waals surface area contributed by atoms with Gasteiger partial charge in [-0.25, -0.2) is 4.79 Å². The molecule has 0 bridgehead atoms. The molecule has 0 aliphatic rings. The van der Waals surface area contributed by atoms with Crippen molar-refractivity contribution in [2.24, 2.45) is 0 Å². The van der Waals surface area contributed by atoms with Crippen LogP contribution < -0.4 is 0 Å². The molecular formula is C11H14O2. The number of rotatable bonds is 1. The number of carbonyl (C=O) groups excluding carboxylic acids is 1. The van der Waals surface area contributed by atoms with Crippen LogP contribution in [0.1, 0.15) is 31.1 Å². The standard InChI is InChI=1S/C11H14O2/c1-11(2,3)13-10(12)9-7-5-4-6-8-9/h4-8H,1-3H3/i13+2. The van der Waals surface area contributed by atoms with Gasteiger partial charge in [-0.15, -0.1) is 0 Å². The predicted molar refractivity (Wildman–Crippen MR) is 51.6 cm³/mol. The van der Waals surface area contributed by atoms with Crippen LogP contribution in [0.4, 0.5) is 0 Å². The Kier molecular flexibility index (Phi) is 2.71. The smallest absolute Gasteiger partial charge is 0.338 e. The molecule has 13 heavy (non-hydrogen) atoms. The lowest BCUT2D eigenvalue weighted by Gasteiger charge is -2.19. The van der Waals surface area contributed by atoms with Gasteiger partial charge < -0.3 is 4.74 Å². The minimum atomic E-state index is -0.424. The lowest BCUT2D eigenvalue weighted by molar-refractivity contribution is 0.00696. The van der Waals surface area contributed by atoms with Crippen molar-refractivity contribution >= 4 is 5.97 Å². The van der Waals surface area contributed by atoms with Crippen molar-refractivity contribution in [3.63, 3.8) is 0 Å². The average Bonchev–Trinajstić information content (AvgIpc) is 2.03. The third-order valence-electron chi connectivity index (χ3n) is 1.41. The Morgan fingerprint density at radius 1 is 1.15 bits per heavy atom. The number of hydrogen-bond donors (Lipinski definition) is 0. The maximum Gasteiger partial charge on any atom is 0.338 e. The summed E-state index contributed by atoms with van der Waals surface area (Å²) >= 11 is 0. The third-order valence-corrected chi connectivity index (χ3v) is 1.41. The van der Waals surface area contributed by atoms with Crippen LogP contribution in [0.2, 0.25) is 0 Å². The molecule has 0 amide bonds. The Labute approximate surface area is 78.5 Å². The van der Waals surface area contributed by atoms with E-state index < -0.39 is 5.60 Å². The summed E-state index contributed by atoms with van der Waals surface area (Å²) in [6.45, 7) is 5.56. The molecule has 1 aromatic carbocycles. The maximum absolute atomic E-state index is 11.4. The summed E-state index contributed by atoms with van der Waals surface area (Å²) in [5.41, 5.74) is 0.171. The molecule has 1 rings (SSSR count). The first kappa shape index (κ1) is 9.78. The lowest BCUT2D eigenvalue weighted by Crippen LogP contribution is -2.23. The Morgan fingerprint density at radius 3 is 2.15 bits per heavy atom. The van der Waals surface area contributed by atoms with E-state index in [1.54, 1.807) is 12.1 Å². The minimum Gasteiger partial charge on any atom is -0.456 e. The second-order valence-corrected chi connectivity index (χ2v) is 3.87. The van der Waals surface area contributed by atoms with Gasteiger partial charge in [-0.2, -0.15) is 0 Å². The van der Waals surface area contributed by atoms with Crippen LogP contribution in [0.15, 0.2) is 30.3 Å². The van der Waals surface area contributed by atoms with E-state index in [1.165, 1.54) is 0 Å². The van der Waals surface area contributed by atoms with Crippen molar-refractivity contribution in [1.29, 1.82) is 0 Å². The molecule has 0 radical (unpaired) electrons. The molecule has 2 heteroatoms. The van der Waals surface area contributed by atoms with Gasteiger partial charge in [0, 0.05) is 0 Å². The molecule has 0 heterocycles.